The van der Waals surface area contributed by atoms with Crippen LogP contribution in [0.3, 0.4) is 0 Å². The number of amides is 3. The summed E-state index contributed by atoms with van der Waals surface area (Å²) in [6.07, 6.45) is 0. The van der Waals surface area contributed by atoms with Crippen molar-refractivity contribution in [1.29, 1.82) is 0 Å². The third-order valence-electron chi connectivity index (χ3n) is 3.26. The molecular weight excluding hydrogens is 340 g/mol. The van der Waals surface area contributed by atoms with Gasteiger partial charge in [-0.05, 0) is 43.7 Å². The summed E-state index contributed by atoms with van der Waals surface area (Å²) in [7, 11) is 0. The van der Waals surface area contributed by atoms with Crippen LogP contribution in [0.2, 0.25) is 0 Å². The van der Waals surface area contributed by atoms with Crippen molar-refractivity contribution < 1.29 is 9.59 Å². The molecule has 134 valence electrons. The van der Waals surface area contributed by atoms with Crippen molar-refractivity contribution in [1.82, 2.24) is 30.8 Å². The first-order valence-corrected chi connectivity index (χ1v) is 8.73. The normalized spacial score (nSPS) is 12.5. The minimum absolute atomic E-state index is 0.297. The number of tetrazole rings is 1. The van der Waals surface area contributed by atoms with Crippen molar-refractivity contribution in [2.24, 2.45) is 0 Å². The summed E-state index contributed by atoms with van der Waals surface area (Å²) < 4.78 is 1.65. The summed E-state index contributed by atoms with van der Waals surface area (Å²) in [5.74, 6) is -0.404. The molecule has 1 aromatic carbocycles. The molecule has 0 aliphatic rings. The highest BCUT2D eigenvalue weighted by Crippen LogP contribution is 2.24. The molecule has 0 saturated carbocycles. The van der Waals surface area contributed by atoms with Crippen LogP contribution < -0.4 is 10.6 Å². The lowest BCUT2D eigenvalue weighted by Gasteiger charge is -2.20. The summed E-state index contributed by atoms with van der Waals surface area (Å²) in [5.41, 5.74) is 0.659. The van der Waals surface area contributed by atoms with Gasteiger partial charge < -0.3 is 5.32 Å². The van der Waals surface area contributed by atoms with Crippen LogP contribution >= 0.6 is 11.8 Å². The predicted molar refractivity (Wildman–Crippen MR) is 95.0 cm³/mol. The first kappa shape index (κ1) is 18.9. The van der Waals surface area contributed by atoms with Crippen LogP contribution in [0, 0.1) is 0 Å². The van der Waals surface area contributed by atoms with Crippen LogP contribution in [0.15, 0.2) is 35.5 Å². The van der Waals surface area contributed by atoms with Gasteiger partial charge in [0.15, 0.2) is 0 Å². The smallest absolute Gasteiger partial charge is 0.321 e. The average Bonchev–Trinajstić information content (AvgIpc) is 3.02. The molecule has 0 spiro atoms. The fraction of sp³-hybridized carbons (Fsp3) is 0.438. The molecule has 1 atom stereocenters. The third kappa shape index (κ3) is 5.56. The molecule has 1 unspecified atom stereocenters. The van der Waals surface area contributed by atoms with E-state index >= 15 is 0 Å². The van der Waals surface area contributed by atoms with Crippen LogP contribution in [0.5, 0.6) is 0 Å². The molecular formula is C16H22N6O2S. The Morgan fingerprint density at radius 1 is 1.24 bits per heavy atom. The van der Waals surface area contributed by atoms with Crippen molar-refractivity contribution in [3.05, 3.63) is 35.9 Å². The molecule has 0 saturated heterocycles. The van der Waals surface area contributed by atoms with Gasteiger partial charge in [0.1, 0.15) is 0 Å². The predicted octanol–water partition coefficient (Wildman–Crippen LogP) is 1.93. The number of urea groups is 1. The van der Waals surface area contributed by atoms with Gasteiger partial charge in [0.2, 0.25) is 11.1 Å². The fourth-order valence-electron chi connectivity index (χ4n) is 1.92. The number of imide groups is 1. The Hall–Kier alpha value is -2.42. The van der Waals surface area contributed by atoms with Crippen LogP contribution in [-0.2, 0) is 16.9 Å². The molecule has 2 aromatic rings. The molecule has 8 nitrogen and oxygen atoms in total. The number of nitrogens with one attached hydrogen (secondary N) is 2. The van der Waals surface area contributed by atoms with E-state index in [1.807, 2.05) is 51.1 Å². The summed E-state index contributed by atoms with van der Waals surface area (Å²) in [6.45, 7) is 7.95. The molecule has 0 fully saturated rings. The number of aromatic nitrogens is 4. The van der Waals surface area contributed by atoms with Crippen molar-refractivity contribution in [2.75, 3.05) is 0 Å². The largest absolute Gasteiger partial charge is 0.334 e. The van der Waals surface area contributed by atoms with E-state index in [9.17, 15) is 9.59 Å². The quantitative estimate of drug-likeness (QED) is 0.788. The molecule has 0 aliphatic heterocycles. The van der Waals surface area contributed by atoms with Crippen LogP contribution in [0.4, 0.5) is 4.79 Å². The number of carbonyl (C=O) groups excluding carboxylic acids is 2. The zero-order valence-electron chi connectivity index (χ0n) is 14.7. The van der Waals surface area contributed by atoms with Crippen LogP contribution in [-0.4, -0.2) is 37.4 Å². The van der Waals surface area contributed by atoms with Crippen molar-refractivity contribution in [3.63, 3.8) is 0 Å². The first-order valence-electron chi connectivity index (χ1n) is 7.85. The lowest BCUT2D eigenvalue weighted by Crippen LogP contribution is -2.42. The number of hydrogen-bond donors (Lipinski definition) is 2. The molecule has 1 heterocycles. The van der Waals surface area contributed by atoms with Crippen LogP contribution in [0.25, 0.3) is 0 Å². The third-order valence-corrected chi connectivity index (χ3v) is 4.29. The van der Waals surface area contributed by atoms with E-state index in [-0.39, 0.29) is 5.54 Å². The van der Waals surface area contributed by atoms with Gasteiger partial charge in [-0.2, -0.15) is 0 Å². The molecule has 2 N–H and O–H groups in total. The number of benzene rings is 1. The van der Waals surface area contributed by atoms with E-state index in [0.717, 1.165) is 5.56 Å². The van der Waals surface area contributed by atoms with E-state index in [1.165, 1.54) is 11.8 Å². The molecule has 0 radical (unpaired) electrons. The van der Waals surface area contributed by atoms with Gasteiger partial charge in [0.05, 0.1) is 10.8 Å². The van der Waals surface area contributed by atoms with Gasteiger partial charge in [-0.3, -0.25) is 10.1 Å². The van der Waals surface area contributed by atoms with Crippen LogP contribution in [0.1, 0.15) is 33.3 Å². The molecule has 25 heavy (non-hydrogen) atoms. The Labute approximate surface area is 150 Å². The van der Waals surface area contributed by atoms with Gasteiger partial charge in [-0.1, -0.05) is 42.1 Å². The molecule has 2 rings (SSSR count). The van der Waals surface area contributed by atoms with Gasteiger partial charge in [-0.15, -0.1) is 5.10 Å². The topological polar surface area (TPSA) is 102 Å². The first-order chi connectivity index (χ1) is 11.8. The molecule has 1 aromatic heterocycles. The Balaban J connectivity index is 1.86. The highest BCUT2D eigenvalue weighted by Gasteiger charge is 2.24. The highest BCUT2D eigenvalue weighted by atomic mass is 32.2. The summed E-state index contributed by atoms with van der Waals surface area (Å²) >= 11 is 1.20. The van der Waals surface area contributed by atoms with E-state index < -0.39 is 17.2 Å². The molecule has 0 aliphatic carbocycles. The van der Waals surface area contributed by atoms with Gasteiger partial charge in [0, 0.05) is 6.54 Å². The number of carbonyl (C=O) groups is 2. The fourth-order valence-corrected chi connectivity index (χ4v) is 2.90. The zero-order chi connectivity index (χ0) is 18.4. The maximum Gasteiger partial charge on any atom is 0.321 e. The van der Waals surface area contributed by atoms with Gasteiger partial charge >= 0.3 is 6.03 Å². The minimum atomic E-state index is -0.531. The zero-order valence-corrected chi connectivity index (χ0v) is 15.5. The number of thioether (sulfide) groups is 1. The second-order valence-electron chi connectivity index (χ2n) is 6.46. The highest BCUT2D eigenvalue weighted by molar-refractivity contribution is 8.00. The second kappa shape index (κ2) is 8.11. The number of rotatable bonds is 5. The molecule has 9 heteroatoms. The summed E-state index contributed by atoms with van der Waals surface area (Å²) in [4.78, 5) is 24.0. The van der Waals surface area contributed by atoms with Gasteiger partial charge in [0.25, 0.3) is 0 Å². The summed E-state index contributed by atoms with van der Waals surface area (Å²) in [6, 6.07) is 8.93. The van der Waals surface area contributed by atoms with Crippen molar-refractivity contribution in [2.45, 2.75) is 50.2 Å². The molecule has 0 bridgehead atoms. The average molecular weight is 362 g/mol. The van der Waals surface area contributed by atoms with Crippen molar-refractivity contribution in [3.8, 4) is 0 Å². The molecule has 3 amide bonds. The van der Waals surface area contributed by atoms with E-state index in [1.54, 1.807) is 11.6 Å². The summed E-state index contributed by atoms with van der Waals surface area (Å²) in [5, 5.41) is 16.5. The number of nitrogens with zero attached hydrogens (tertiary/aromatic N) is 4. The van der Waals surface area contributed by atoms with E-state index in [2.05, 4.69) is 26.2 Å². The Morgan fingerprint density at radius 3 is 2.56 bits per heavy atom. The SMILES string of the molecule is CC(Sc1nnnn1C(C)(C)C)C(=O)NC(=O)NCc1ccccc1. The Bertz CT molecular complexity index is 726. The lowest BCUT2D eigenvalue weighted by atomic mass is 10.1. The Kier molecular flexibility index (Phi) is 6.13. The number of hydrogen-bond acceptors (Lipinski definition) is 6. The minimum Gasteiger partial charge on any atom is -0.334 e. The lowest BCUT2D eigenvalue weighted by molar-refractivity contribution is -0.119. The van der Waals surface area contributed by atoms with E-state index in [4.69, 9.17) is 0 Å². The maximum absolute atomic E-state index is 12.2. The van der Waals surface area contributed by atoms with Gasteiger partial charge in [-0.25, -0.2) is 9.48 Å². The Morgan fingerprint density at radius 2 is 1.92 bits per heavy atom. The second-order valence-corrected chi connectivity index (χ2v) is 7.77. The standard InChI is InChI=1S/C16H22N6O2S/c1-11(25-15-19-20-21-22(15)16(2,3)4)13(23)18-14(24)17-10-12-8-6-5-7-9-12/h5-9,11H,10H2,1-4H3,(H2,17,18,23,24). The van der Waals surface area contributed by atoms with E-state index in [0.29, 0.717) is 11.7 Å². The monoisotopic (exact) mass is 362 g/mol. The maximum atomic E-state index is 12.2. The van der Waals surface area contributed by atoms with Crippen molar-refractivity contribution >= 4 is 23.7 Å².